The molecule has 2 heterocycles. The molecule has 0 saturated heterocycles. The fraction of sp³-hybridized carbons (Fsp3) is 0.444. The molecule has 32 heavy (non-hydrogen) atoms. The van der Waals surface area contributed by atoms with Crippen LogP contribution in [0.3, 0.4) is 0 Å². The van der Waals surface area contributed by atoms with Crippen molar-refractivity contribution in [2.75, 3.05) is 21.1 Å². The molecule has 0 bridgehead atoms. The van der Waals surface area contributed by atoms with Gasteiger partial charge in [0.1, 0.15) is 49.1 Å². The first-order valence-electron chi connectivity index (χ1n) is 9.59. The molecule has 0 spiro atoms. The van der Waals surface area contributed by atoms with Gasteiger partial charge in [0.15, 0.2) is 0 Å². The Bertz CT molecular complexity index is 1020. The fourth-order valence-electron chi connectivity index (χ4n) is 3.74. The molecule has 0 fully saturated rings. The average Bonchev–Trinajstić information content (AvgIpc) is 3.34. The standard InChI is InChI=1S/C18H24F2N7O4P/c1-27(2,3)17(15-5-4-14(19)6-16(15)20)18(31-32(28,29)30)13(7-25-11-21-9-23-25)8-26-12-22-10-24-26/h4-6,9-13,17-18H,7-8H2,1-3H3,(H-,28,29,30)/p+1. The van der Waals surface area contributed by atoms with E-state index < -0.39 is 37.5 Å². The quantitative estimate of drug-likeness (QED) is 0.335. The highest BCUT2D eigenvalue weighted by Gasteiger charge is 2.45. The number of quaternary nitrogens is 1. The molecule has 3 aromatic rings. The van der Waals surface area contributed by atoms with Gasteiger partial charge >= 0.3 is 7.82 Å². The first-order valence-corrected chi connectivity index (χ1v) is 11.1. The number of hydrogen-bond acceptors (Lipinski definition) is 6. The van der Waals surface area contributed by atoms with E-state index in [9.17, 15) is 23.1 Å². The van der Waals surface area contributed by atoms with Crippen LogP contribution in [0.15, 0.2) is 43.5 Å². The van der Waals surface area contributed by atoms with Gasteiger partial charge in [-0.05, 0) is 12.1 Å². The highest BCUT2D eigenvalue weighted by atomic mass is 31.2. The van der Waals surface area contributed by atoms with Gasteiger partial charge in [0.05, 0.1) is 34.2 Å². The van der Waals surface area contributed by atoms with Gasteiger partial charge in [0.2, 0.25) is 0 Å². The fourth-order valence-corrected chi connectivity index (χ4v) is 4.34. The van der Waals surface area contributed by atoms with Crippen LogP contribution < -0.4 is 0 Å². The van der Waals surface area contributed by atoms with Crippen LogP contribution in [-0.2, 0) is 22.2 Å². The van der Waals surface area contributed by atoms with Gasteiger partial charge in [0, 0.05) is 17.5 Å². The van der Waals surface area contributed by atoms with Gasteiger partial charge in [-0.1, -0.05) is 0 Å². The first-order chi connectivity index (χ1) is 14.9. The van der Waals surface area contributed by atoms with E-state index in [1.807, 2.05) is 0 Å². The number of aromatic nitrogens is 6. The van der Waals surface area contributed by atoms with E-state index in [0.717, 1.165) is 12.1 Å². The molecule has 0 amide bonds. The summed E-state index contributed by atoms with van der Waals surface area (Å²) in [4.78, 5) is 27.2. The summed E-state index contributed by atoms with van der Waals surface area (Å²) in [6, 6.07) is 2.16. The molecule has 0 aliphatic heterocycles. The summed E-state index contributed by atoms with van der Waals surface area (Å²) in [5.74, 6) is -2.28. The molecular weight excluding hydrogens is 447 g/mol. The van der Waals surface area contributed by atoms with E-state index in [-0.39, 0.29) is 23.1 Å². The highest BCUT2D eigenvalue weighted by molar-refractivity contribution is 7.46. The Labute approximate surface area is 183 Å². The van der Waals surface area contributed by atoms with E-state index in [2.05, 4.69) is 20.2 Å². The topological polar surface area (TPSA) is 128 Å². The predicted octanol–water partition coefficient (Wildman–Crippen LogP) is 1.39. The van der Waals surface area contributed by atoms with Crippen molar-refractivity contribution >= 4 is 7.82 Å². The van der Waals surface area contributed by atoms with Crippen molar-refractivity contribution in [2.45, 2.75) is 25.2 Å². The second-order valence-electron chi connectivity index (χ2n) is 8.28. The molecule has 3 rings (SSSR count). The summed E-state index contributed by atoms with van der Waals surface area (Å²) < 4.78 is 48.8. The monoisotopic (exact) mass is 472 g/mol. The summed E-state index contributed by atoms with van der Waals surface area (Å²) in [5, 5.41) is 8.14. The lowest BCUT2D eigenvalue weighted by atomic mass is 9.88. The minimum absolute atomic E-state index is 0.0262. The van der Waals surface area contributed by atoms with Crippen molar-refractivity contribution in [3.8, 4) is 0 Å². The second-order valence-corrected chi connectivity index (χ2v) is 9.47. The molecule has 14 heteroatoms. The average molecular weight is 472 g/mol. The molecule has 0 aliphatic carbocycles. The van der Waals surface area contributed by atoms with Crippen LogP contribution in [0.1, 0.15) is 11.6 Å². The highest BCUT2D eigenvalue weighted by Crippen LogP contribution is 2.46. The lowest BCUT2D eigenvalue weighted by Gasteiger charge is -2.41. The third-order valence-corrected chi connectivity index (χ3v) is 5.44. The Kier molecular flexibility index (Phi) is 7.16. The van der Waals surface area contributed by atoms with Crippen LogP contribution in [0.5, 0.6) is 0 Å². The zero-order valence-electron chi connectivity index (χ0n) is 17.7. The van der Waals surface area contributed by atoms with Crippen molar-refractivity contribution in [3.63, 3.8) is 0 Å². The number of rotatable bonds is 10. The number of nitrogens with zero attached hydrogens (tertiary/aromatic N) is 7. The molecule has 0 saturated carbocycles. The third kappa shape index (κ3) is 6.24. The van der Waals surface area contributed by atoms with Crippen molar-refractivity contribution in [3.05, 3.63) is 60.7 Å². The zero-order chi connectivity index (χ0) is 23.5. The summed E-state index contributed by atoms with van der Waals surface area (Å²) in [6.45, 7) is 0.258. The van der Waals surface area contributed by atoms with Crippen molar-refractivity contribution in [1.82, 2.24) is 29.5 Å². The van der Waals surface area contributed by atoms with Crippen LogP contribution in [0.4, 0.5) is 8.78 Å². The predicted molar refractivity (Wildman–Crippen MR) is 108 cm³/mol. The van der Waals surface area contributed by atoms with Gasteiger partial charge in [0.25, 0.3) is 0 Å². The Morgan fingerprint density at radius 1 is 1.06 bits per heavy atom. The summed E-state index contributed by atoms with van der Waals surface area (Å²) >= 11 is 0. The van der Waals surface area contributed by atoms with Gasteiger partial charge in [-0.15, -0.1) is 0 Å². The van der Waals surface area contributed by atoms with Gasteiger partial charge in [-0.3, -0.25) is 13.9 Å². The Hall–Kier alpha value is -2.57. The number of likely N-dealkylation sites (N-methyl/N-ethyl adjacent to an activating group) is 1. The molecule has 2 unspecified atom stereocenters. The smallest absolute Gasteiger partial charge is 0.322 e. The van der Waals surface area contributed by atoms with E-state index in [0.29, 0.717) is 0 Å². The second kappa shape index (κ2) is 9.51. The van der Waals surface area contributed by atoms with Gasteiger partial charge < -0.3 is 14.3 Å². The molecule has 0 radical (unpaired) electrons. The normalized spacial score (nSPS) is 14.6. The SMILES string of the molecule is C[N+](C)(C)C(c1ccc(F)cc1F)C(OP(=O)(O)O)C(Cn1cncn1)Cn1cncn1. The van der Waals surface area contributed by atoms with Crippen molar-refractivity contribution in [1.29, 1.82) is 0 Å². The lowest BCUT2D eigenvalue weighted by molar-refractivity contribution is -0.906. The van der Waals surface area contributed by atoms with Crippen LogP contribution in [-0.4, -0.2) is 71.0 Å². The molecular formula is C18H25F2N7O4P+. The Morgan fingerprint density at radius 2 is 1.62 bits per heavy atom. The summed E-state index contributed by atoms with van der Waals surface area (Å²) in [7, 11) is 0.162. The lowest BCUT2D eigenvalue weighted by Crippen LogP contribution is -2.50. The maximum absolute atomic E-state index is 14.9. The summed E-state index contributed by atoms with van der Waals surface area (Å²) in [6.07, 6.45) is 4.30. The molecule has 2 atom stereocenters. The number of hydrogen-bond donors (Lipinski definition) is 2. The number of phosphoric acid groups is 1. The Morgan fingerprint density at radius 3 is 2.03 bits per heavy atom. The van der Waals surface area contributed by atoms with Gasteiger partial charge in [-0.25, -0.2) is 23.3 Å². The molecule has 11 nitrogen and oxygen atoms in total. The molecule has 2 N–H and O–H groups in total. The van der Waals surface area contributed by atoms with E-state index in [1.165, 1.54) is 40.7 Å². The van der Waals surface area contributed by atoms with Crippen LogP contribution >= 0.6 is 7.82 Å². The number of halogens is 2. The zero-order valence-corrected chi connectivity index (χ0v) is 18.6. The minimum atomic E-state index is -5.02. The van der Waals surface area contributed by atoms with Crippen LogP contribution in [0, 0.1) is 17.6 Å². The molecule has 1 aromatic carbocycles. The number of benzene rings is 1. The van der Waals surface area contributed by atoms with Crippen LogP contribution in [0.25, 0.3) is 0 Å². The van der Waals surface area contributed by atoms with E-state index >= 15 is 0 Å². The van der Waals surface area contributed by atoms with E-state index in [1.54, 1.807) is 21.1 Å². The van der Waals surface area contributed by atoms with Crippen LogP contribution in [0.2, 0.25) is 0 Å². The third-order valence-electron chi connectivity index (χ3n) is 4.93. The van der Waals surface area contributed by atoms with E-state index in [4.69, 9.17) is 4.52 Å². The van der Waals surface area contributed by atoms with Crippen molar-refractivity contribution in [2.24, 2.45) is 5.92 Å². The Balaban J connectivity index is 2.13. The van der Waals surface area contributed by atoms with Gasteiger partial charge in [-0.2, -0.15) is 10.2 Å². The molecule has 0 aliphatic rings. The maximum atomic E-state index is 14.9. The largest absolute Gasteiger partial charge is 0.470 e. The molecule has 2 aromatic heterocycles. The first kappa shape index (κ1) is 24.1. The minimum Gasteiger partial charge on any atom is -0.322 e. The number of phosphoric ester groups is 1. The summed E-state index contributed by atoms with van der Waals surface area (Å²) in [5.41, 5.74) is 0.0551. The maximum Gasteiger partial charge on any atom is 0.470 e. The van der Waals surface area contributed by atoms with Crippen molar-refractivity contribution < 1.29 is 32.1 Å². The molecule has 174 valence electrons.